The van der Waals surface area contributed by atoms with Gasteiger partial charge in [-0.25, -0.2) is 8.78 Å². The van der Waals surface area contributed by atoms with Crippen LogP contribution in [0.5, 0.6) is 0 Å². The number of benzene rings is 2. The molecule has 1 N–H and O–H groups in total. The van der Waals surface area contributed by atoms with Gasteiger partial charge in [-0.15, -0.1) is 0 Å². The molecule has 0 radical (unpaired) electrons. The zero-order valence-corrected chi connectivity index (χ0v) is 13.0. The van der Waals surface area contributed by atoms with Crippen molar-refractivity contribution in [3.63, 3.8) is 0 Å². The van der Waals surface area contributed by atoms with E-state index in [-0.39, 0.29) is 6.04 Å². The predicted molar refractivity (Wildman–Crippen MR) is 83.0 cm³/mol. The molecule has 0 spiro atoms. The fraction of sp³-hybridized carbons (Fsp3) is 0.250. The summed E-state index contributed by atoms with van der Waals surface area (Å²) in [4.78, 5) is 0. The molecule has 1 nitrogen and oxygen atoms in total. The molecule has 0 aliphatic rings. The Morgan fingerprint density at radius 1 is 0.952 bits per heavy atom. The van der Waals surface area contributed by atoms with Crippen molar-refractivity contribution in [1.82, 2.24) is 5.32 Å². The monoisotopic (exact) mass is 329 g/mol. The molecular weight excluding hydrogens is 315 g/mol. The van der Waals surface area contributed by atoms with E-state index in [1.807, 2.05) is 13.0 Å². The summed E-state index contributed by atoms with van der Waals surface area (Å²) < 4.78 is 26.6. The second-order valence-corrected chi connectivity index (χ2v) is 5.55. The van der Waals surface area contributed by atoms with Crippen LogP contribution < -0.4 is 5.32 Å². The molecule has 21 heavy (non-hydrogen) atoms. The van der Waals surface area contributed by atoms with Gasteiger partial charge in [0, 0.05) is 0 Å². The summed E-state index contributed by atoms with van der Waals surface area (Å²) >= 11 is 12.0. The minimum atomic E-state index is -0.865. The molecule has 0 bridgehead atoms. The van der Waals surface area contributed by atoms with E-state index in [1.54, 1.807) is 18.2 Å². The zero-order valence-electron chi connectivity index (χ0n) is 11.5. The standard InChI is InChI=1S/C16H15Cl2F2N/c1-2-7-21-16(10-3-5-12(17)13(18)8-10)11-4-6-14(19)15(20)9-11/h3-6,8-9,16,21H,2,7H2,1H3. The van der Waals surface area contributed by atoms with E-state index in [0.717, 1.165) is 24.6 Å². The van der Waals surface area contributed by atoms with E-state index in [1.165, 1.54) is 6.07 Å². The van der Waals surface area contributed by atoms with Gasteiger partial charge in [0.15, 0.2) is 11.6 Å². The first kappa shape index (κ1) is 16.2. The van der Waals surface area contributed by atoms with E-state index >= 15 is 0 Å². The van der Waals surface area contributed by atoms with E-state index < -0.39 is 11.6 Å². The Morgan fingerprint density at radius 2 is 1.62 bits per heavy atom. The van der Waals surface area contributed by atoms with Gasteiger partial charge in [0.2, 0.25) is 0 Å². The highest BCUT2D eigenvalue weighted by Crippen LogP contribution is 2.29. The van der Waals surface area contributed by atoms with Gasteiger partial charge in [0.05, 0.1) is 16.1 Å². The van der Waals surface area contributed by atoms with Gasteiger partial charge in [-0.1, -0.05) is 42.3 Å². The van der Waals surface area contributed by atoms with E-state index in [0.29, 0.717) is 15.6 Å². The molecule has 0 amide bonds. The molecule has 0 aliphatic heterocycles. The third-order valence-electron chi connectivity index (χ3n) is 3.15. The summed E-state index contributed by atoms with van der Waals surface area (Å²) in [6.45, 7) is 2.77. The van der Waals surface area contributed by atoms with Gasteiger partial charge in [-0.2, -0.15) is 0 Å². The van der Waals surface area contributed by atoms with Crippen LogP contribution in [0.3, 0.4) is 0 Å². The maximum absolute atomic E-state index is 13.5. The first-order chi connectivity index (χ1) is 10.0. The smallest absolute Gasteiger partial charge is 0.159 e. The lowest BCUT2D eigenvalue weighted by molar-refractivity contribution is 0.503. The van der Waals surface area contributed by atoms with E-state index in [4.69, 9.17) is 23.2 Å². The highest BCUT2D eigenvalue weighted by Gasteiger charge is 2.16. The quantitative estimate of drug-likeness (QED) is 0.778. The fourth-order valence-corrected chi connectivity index (χ4v) is 2.41. The summed E-state index contributed by atoms with van der Waals surface area (Å²) in [5, 5.41) is 4.19. The fourth-order valence-electron chi connectivity index (χ4n) is 2.10. The second kappa shape index (κ2) is 7.21. The highest BCUT2D eigenvalue weighted by molar-refractivity contribution is 6.42. The Bertz CT molecular complexity index is 580. The highest BCUT2D eigenvalue weighted by atomic mass is 35.5. The van der Waals surface area contributed by atoms with Crippen LogP contribution in [0, 0.1) is 11.6 Å². The molecule has 1 atom stereocenters. The number of hydrogen-bond acceptors (Lipinski definition) is 1. The molecule has 2 aromatic carbocycles. The molecular formula is C16H15Cl2F2N. The summed E-state index contributed by atoms with van der Waals surface area (Å²) in [6.07, 6.45) is 0.918. The lowest BCUT2D eigenvalue weighted by Gasteiger charge is -2.20. The van der Waals surface area contributed by atoms with Crippen molar-refractivity contribution in [3.8, 4) is 0 Å². The Balaban J connectivity index is 2.41. The summed E-state index contributed by atoms with van der Waals surface area (Å²) in [6, 6.07) is 8.87. The van der Waals surface area contributed by atoms with Crippen molar-refractivity contribution < 1.29 is 8.78 Å². The first-order valence-corrected chi connectivity index (χ1v) is 7.41. The number of rotatable bonds is 5. The van der Waals surface area contributed by atoms with Crippen LogP contribution >= 0.6 is 23.2 Å². The molecule has 0 fully saturated rings. The van der Waals surface area contributed by atoms with Crippen LogP contribution in [0.4, 0.5) is 8.78 Å². The Kier molecular flexibility index (Phi) is 5.57. The summed E-state index contributed by atoms with van der Waals surface area (Å²) in [5.74, 6) is -1.72. The van der Waals surface area contributed by atoms with Gasteiger partial charge < -0.3 is 5.32 Å². The zero-order chi connectivity index (χ0) is 15.4. The van der Waals surface area contributed by atoms with Crippen LogP contribution in [0.1, 0.15) is 30.5 Å². The molecule has 0 saturated carbocycles. The largest absolute Gasteiger partial charge is 0.306 e. The number of hydrogen-bond donors (Lipinski definition) is 1. The van der Waals surface area contributed by atoms with Gasteiger partial charge in [0.25, 0.3) is 0 Å². The summed E-state index contributed by atoms with van der Waals surface area (Å²) in [7, 11) is 0. The Labute approximate surface area is 132 Å². The normalized spacial score (nSPS) is 12.4. The van der Waals surface area contributed by atoms with Gasteiger partial charge in [-0.3, -0.25) is 0 Å². The van der Waals surface area contributed by atoms with E-state index in [2.05, 4.69) is 5.32 Å². The lowest BCUT2D eigenvalue weighted by Crippen LogP contribution is -2.23. The molecule has 0 heterocycles. The molecule has 0 saturated heterocycles. The Morgan fingerprint density at radius 3 is 2.24 bits per heavy atom. The third kappa shape index (κ3) is 3.94. The van der Waals surface area contributed by atoms with Gasteiger partial charge in [0.1, 0.15) is 0 Å². The SMILES string of the molecule is CCCNC(c1ccc(F)c(F)c1)c1ccc(Cl)c(Cl)c1. The topological polar surface area (TPSA) is 12.0 Å². The average Bonchev–Trinajstić information content (AvgIpc) is 2.46. The van der Waals surface area contributed by atoms with Crippen LogP contribution in [-0.2, 0) is 0 Å². The van der Waals surface area contributed by atoms with Gasteiger partial charge in [-0.05, 0) is 48.4 Å². The van der Waals surface area contributed by atoms with E-state index in [9.17, 15) is 8.78 Å². The minimum absolute atomic E-state index is 0.269. The number of nitrogens with one attached hydrogen (secondary N) is 1. The van der Waals surface area contributed by atoms with Crippen LogP contribution in [-0.4, -0.2) is 6.54 Å². The third-order valence-corrected chi connectivity index (χ3v) is 3.89. The molecule has 1 unspecified atom stereocenters. The number of halogens is 4. The predicted octanol–water partition coefficient (Wildman–Crippen LogP) is 5.36. The van der Waals surface area contributed by atoms with Crippen LogP contribution in [0.25, 0.3) is 0 Å². The maximum Gasteiger partial charge on any atom is 0.159 e. The lowest BCUT2D eigenvalue weighted by atomic mass is 9.98. The van der Waals surface area contributed by atoms with Gasteiger partial charge >= 0.3 is 0 Å². The average molecular weight is 330 g/mol. The summed E-state index contributed by atoms with van der Waals surface area (Å²) in [5.41, 5.74) is 1.49. The van der Waals surface area contributed by atoms with Crippen molar-refractivity contribution >= 4 is 23.2 Å². The minimum Gasteiger partial charge on any atom is -0.306 e. The molecule has 0 aromatic heterocycles. The Hall–Kier alpha value is -1.16. The van der Waals surface area contributed by atoms with Crippen molar-refractivity contribution in [2.45, 2.75) is 19.4 Å². The van der Waals surface area contributed by atoms with Crippen LogP contribution in [0.2, 0.25) is 10.0 Å². The van der Waals surface area contributed by atoms with Crippen molar-refractivity contribution in [1.29, 1.82) is 0 Å². The first-order valence-electron chi connectivity index (χ1n) is 6.66. The van der Waals surface area contributed by atoms with Crippen LogP contribution in [0.15, 0.2) is 36.4 Å². The van der Waals surface area contributed by atoms with Crippen molar-refractivity contribution in [3.05, 3.63) is 69.2 Å². The molecule has 5 heteroatoms. The molecule has 2 rings (SSSR count). The maximum atomic E-state index is 13.5. The van der Waals surface area contributed by atoms with Crippen molar-refractivity contribution in [2.24, 2.45) is 0 Å². The second-order valence-electron chi connectivity index (χ2n) is 4.73. The molecule has 0 aliphatic carbocycles. The molecule has 112 valence electrons. The molecule has 2 aromatic rings. The van der Waals surface area contributed by atoms with Crippen molar-refractivity contribution in [2.75, 3.05) is 6.54 Å².